The normalized spacial score (nSPS) is 23.1. The highest BCUT2D eigenvalue weighted by Crippen LogP contribution is 2.19. The number of nitrogens with one attached hydrogen (secondary N) is 2. The van der Waals surface area contributed by atoms with Crippen molar-refractivity contribution in [3.63, 3.8) is 0 Å². The first-order valence-corrected chi connectivity index (χ1v) is 6.81. The standard InChI is InChI=1S/C13H17BrN2O2/c1-8-10(3-2-4-11(8)14)13(18)16-6-9-5-15-7-12(9)17/h2-4,9,12,15,17H,5-7H2,1H3,(H,16,18). The van der Waals surface area contributed by atoms with Gasteiger partial charge in [0.1, 0.15) is 0 Å². The van der Waals surface area contributed by atoms with Gasteiger partial charge < -0.3 is 15.7 Å². The molecule has 1 aliphatic heterocycles. The number of halogens is 1. The predicted molar refractivity (Wildman–Crippen MR) is 73.6 cm³/mol. The second kappa shape index (κ2) is 5.82. The van der Waals surface area contributed by atoms with E-state index in [-0.39, 0.29) is 17.9 Å². The molecule has 18 heavy (non-hydrogen) atoms. The molecule has 3 N–H and O–H groups in total. The van der Waals surface area contributed by atoms with Gasteiger partial charge >= 0.3 is 0 Å². The maximum atomic E-state index is 12.0. The summed E-state index contributed by atoms with van der Waals surface area (Å²) in [6.45, 7) is 3.76. The van der Waals surface area contributed by atoms with Crippen molar-refractivity contribution in [3.8, 4) is 0 Å². The summed E-state index contributed by atoms with van der Waals surface area (Å²) in [6.07, 6.45) is -0.367. The Bertz CT molecular complexity index is 451. The van der Waals surface area contributed by atoms with Gasteiger partial charge in [-0.3, -0.25) is 4.79 Å². The fourth-order valence-electron chi connectivity index (χ4n) is 2.10. The lowest BCUT2D eigenvalue weighted by Gasteiger charge is -2.15. The van der Waals surface area contributed by atoms with Crippen LogP contribution in [0.3, 0.4) is 0 Å². The van der Waals surface area contributed by atoms with Crippen molar-refractivity contribution in [2.75, 3.05) is 19.6 Å². The van der Waals surface area contributed by atoms with Crippen LogP contribution in [0, 0.1) is 12.8 Å². The van der Waals surface area contributed by atoms with Gasteiger partial charge in [0.15, 0.2) is 0 Å². The molecule has 0 aliphatic carbocycles. The molecule has 1 amide bonds. The molecule has 1 heterocycles. The zero-order chi connectivity index (χ0) is 13.1. The van der Waals surface area contributed by atoms with Gasteiger partial charge in [0, 0.05) is 35.6 Å². The molecule has 1 aliphatic rings. The van der Waals surface area contributed by atoms with Gasteiger partial charge in [0.25, 0.3) is 5.91 Å². The van der Waals surface area contributed by atoms with E-state index >= 15 is 0 Å². The minimum absolute atomic E-state index is 0.0899. The van der Waals surface area contributed by atoms with Gasteiger partial charge in [-0.1, -0.05) is 22.0 Å². The van der Waals surface area contributed by atoms with E-state index in [0.29, 0.717) is 18.7 Å². The molecular weight excluding hydrogens is 296 g/mol. The number of hydrogen-bond donors (Lipinski definition) is 3. The van der Waals surface area contributed by atoms with E-state index in [9.17, 15) is 9.90 Å². The Kier molecular flexibility index (Phi) is 4.37. The molecule has 5 heteroatoms. The Morgan fingerprint density at radius 3 is 3.00 bits per heavy atom. The lowest BCUT2D eigenvalue weighted by atomic mass is 10.1. The number of hydrogen-bond acceptors (Lipinski definition) is 3. The second-order valence-electron chi connectivity index (χ2n) is 4.61. The first-order chi connectivity index (χ1) is 8.59. The minimum atomic E-state index is -0.367. The van der Waals surface area contributed by atoms with Crippen LogP contribution in [0.2, 0.25) is 0 Å². The summed E-state index contributed by atoms with van der Waals surface area (Å²) in [6, 6.07) is 5.56. The first-order valence-electron chi connectivity index (χ1n) is 6.01. The van der Waals surface area contributed by atoms with Crippen molar-refractivity contribution in [1.82, 2.24) is 10.6 Å². The Labute approximate surface area is 115 Å². The molecule has 0 radical (unpaired) electrons. The van der Waals surface area contributed by atoms with Crippen molar-refractivity contribution in [2.24, 2.45) is 5.92 Å². The first kappa shape index (κ1) is 13.5. The Morgan fingerprint density at radius 2 is 2.33 bits per heavy atom. The Balaban J connectivity index is 1.97. The summed E-state index contributed by atoms with van der Waals surface area (Å²) in [5.41, 5.74) is 1.60. The highest BCUT2D eigenvalue weighted by Gasteiger charge is 2.25. The maximum absolute atomic E-state index is 12.0. The van der Waals surface area contributed by atoms with E-state index in [4.69, 9.17) is 0 Å². The van der Waals surface area contributed by atoms with E-state index in [1.165, 1.54) is 0 Å². The number of amides is 1. The van der Waals surface area contributed by atoms with Crippen molar-refractivity contribution < 1.29 is 9.90 Å². The summed E-state index contributed by atoms with van der Waals surface area (Å²) in [4.78, 5) is 12.0. The van der Waals surface area contributed by atoms with E-state index in [2.05, 4.69) is 26.6 Å². The van der Waals surface area contributed by atoms with Gasteiger partial charge in [-0.05, 0) is 24.6 Å². The number of aliphatic hydroxyl groups excluding tert-OH is 1. The van der Waals surface area contributed by atoms with Crippen LogP contribution < -0.4 is 10.6 Å². The molecule has 98 valence electrons. The summed E-state index contributed by atoms with van der Waals surface area (Å²) >= 11 is 3.41. The fourth-order valence-corrected chi connectivity index (χ4v) is 2.47. The van der Waals surface area contributed by atoms with Crippen LogP contribution in [0.5, 0.6) is 0 Å². The number of β-amino-alcohol motifs (C(OH)–C–C–N with tert-alkyl or cyclic N) is 1. The quantitative estimate of drug-likeness (QED) is 0.782. The van der Waals surface area contributed by atoms with Gasteiger partial charge in [-0.15, -0.1) is 0 Å². The van der Waals surface area contributed by atoms with E-state index in [0.717, 1.165) is 16.6 Å². The fraction of sp³-hybridized carbons (Fsp3) is 0.462. The van der Waals surface area contributed by atoms with Crippen LogP contribution in [0.4, 0.5) is 0 Å². The zero-order valence-electron chi connectivity index (χ0n) is 10.2. The molecule has 1 fully saturated rings. The maximum Gasteiger partial charge on any atom is 0.251 e. The predicted octanol–water partition coefficient (Wildman–Crippen LogP) is 1.07. The highest BCUT2D eigenvalue weighted by molar-refractivity contribution is 9.10. The number of carbonyl (C=O) groups excluding carboxylic acids is 1. The third-order valence-corrected chi connectivity index (χ3v) is 4.20. The molecular formula is C13H17BrN2O2. The van der Waals surface area contributed by atoms with Crippen molar-refractivity contribution in [2.45, 2.75) is 13.0 Å². The summed E-state index contributed by atoms with van der Waals surface area (Å²) in [5, 5.41) is 15.6. The number of carbonyl (C=O) groups is 1. The molecule has 2 atom stereocenters. The van der Waals surface area contributed by atoms with E-state index in [1.807, 2.05) is 19.1 Å². The number of aliphatic hydroxyl groups is 1. The molecule has 2 rings (SSSR count). The Morgan fingerprint density at radius 1 is 1.56 bits per heavy atom. The molecule has 0 saturated carbocycles. The second-order valence-corrected chi connectivity index (χ2v) is 5.46. The third kappa shape index (κ3) is 2.91. The lowest BCUT2D eigenvalue weighted by molar-refractivity contribution is 0.0926. The number of benzene rings is 1. The van der Waals surface area contributed by atoms with E-state index in [1.54, 1.807) is 6.07 Å². The summed E-state index contributed by atoms with van der Waals surface area (Å²) < 4.78 is 0.928. The largest absolute Gasteiger partial charge is 0.391 e. The topological polar surface area (TPSA) is 61.4 Å². The minimum Gasteiger partial charge on any atom is -0.391 e. The Hall–Kier alpha value is -0.910. The smallest absolute Gasteiger partial charge is 0.251 e. The van der Waals surface area contributed by atoms with Crippen molar-refractivity contribution >= 4 is 21.8 Å². The third-order valence-electron chi connectivity index (χ3n) is 3.34. The van der Waals surface area contributed by atoms with Crippen molar-refractivity contribution in [1.29, 1.82) is 0 Å². The molecule has 1 aromatic rings. The molecule has 0 aromatic heterocycles. The number of rotatable bonds is 3. The molecule has 2 unspecified atom stereocenters. The van der Waals surface area contributed by atoms with Gasteiger partial charge in [-0.25, -0.2) is 0 Å². The molecule has 0 spiro atoms. The van der Waals surface area contributed by atoms with Gasteiger partial charge in [0.05, 0.1) is 6.10 Å². The molecule has 0 bridgehead atoms. The monoisotopic (exact) mass is 312 g/mol. The van der Waals surface area contributed by atoms with Gasteiger partial charge in [-0.2, -0.15) is 0 Å². The van der Waals surface area contributed by atoms with Crippen LogP contribution >= 0.6 is 15.9 Å². The van der Waals surface area contributed by atoms with Crippen LogP contribution in [-0.2, 0) is 0 Å². The van der Waals surface area contributed by atoms with Crippen LogP contribution in [0.1, 0.15) is 15.9 Å². The molecule has 1 saturated heterocycles. The van der Waals surface area contributed by atoms with Crippen LogP contribution in [-0.4, -0.2) is 36.8 Å². The average molecular weight is 313 g/mol. The highest BCUT2D eigenvalue weighted by atomic mass is 79.9. The molecule has 4 nitrogen and oxygen atoms in total. The molecule has 1 aromatic carbocycles. The SMILES string of the molecule is Cc1c(Br)cccc1C(=O)NCC1CNCC1O. The lowest BCUT2D eigenvalue weighted by Crippen LogP contribution is -2.34. The van der Waals surface area contributed by atoms with Crippen LogP contribution in [0.15, 0.2) is 22.7 Å². The van der Waals surface area contributed by atoms with Crippen LogP contribution in [0.25, 0.3) is 0 Å². The van der Waals surface area contributed by atoms with E-state index < -0.39 is 0 Å². The zero-order valence-corrected chi connectivity index (χ0v) is 11.8. The summed E-state index contributed by atoms with van der Waals surface area (Å²) in [7, 11) is 0. The summed E-state index contributed by atoms with van der Waals surface area (Å²) in [5.74, 6) is 0.00862. The van der Waals surface area contributed by atoms with Gasteiger partial charge in [0.2, 0.25) is 0 Å². The average Bonchev–Trinajstić information content (AvgIpc) is 2.75. The van der Waals surface area contributed by atoms with Crippen molar-refractivity contribution in [3.05, 3.63) is 33.8 Å².